The average Bonchev–Trinajstić information content (AvgIpc) is 2.37. The van der Waals surface area contributed by atoms with Crippen molar-refractivity contribution in [2.24, 2.45) is 0 Å². The first-order chi connectivity index (χ1) is 8.55. The van der Waals surface area contributed by atoms with Crippen molar-refractivity contribution in [2.45, 2.75) is 12.7 Å². The molecule has 0 atom stereocenters. The first kappa shape index (κ1) is 18.5. The van der Waals surface area contributed by atoms with Gasteiger partial charge in [-0.15, -0.1) is 24.8 Å². The second-order valence-corrected chi connectivity index (χ2v) is 3.64. The van der Waals surface area contributed by atoms with Gasteiger partial charge in [-0.3, -0.25) is 4.98 Å². The maximum Gasteiger partial charge on any atom is 0.416 e. The van der Waals surface area contributed by atoms with Gasteiger partial charge in [0.2, 0.25) is 0 Å². The van der Waals surface area contributed by atoms with Crippen molar-refractivity contribution in [3.63, 3.8) is 0 Å². The van der Waals surface area contributed by atoms with Crippen LogP contribution in [-0.2, 0) is 12.7 Å². The lowest BCUT2D eigenvalue weighted by Crippen LogP contribution is -2.07. The lowest BCUT2D eigenvalue weighted by Gasteiger charge is -2.09. The summed E-state index contributed by atoms with van der Waals surface area (Å²) in [5, 5.41) is 2.82. The average molecular weight is 326 g/mol. The summed E-state index contributed by atoms with van der Waals surface area (Å²) in [5.74, 6) is 0.189. The third-order valence-electron chi connectivity index (χ3n) is 2.28. The number of hydrogen-bond donors (Lipinski definition) is 1. The Morgan fingerprint density at radius 1 is 1.10 bits per heavy atom. The normalized spacial score (nSPS) is 10.2. The number of nitrogens with zero attached hydrogens (tertiary/aromatic N) is 2. The lowest BCUT2D eigenvalue weighted by atomic mass is 10.2. The first-order valence-electron chi connectivity index (χ1n) is 5.22. The first-order valence-corrected chi connectivity index (χ1v) is 5.22. The number of hydrogen-bond acceptors (Lipinski definition) is 3. The van der Waals surface area contributed by atoms with E-state index >= 15 is 0 Å². The van der Waals surface area contributed by atoms with Gasteiger partial charge in [0.05, 0.1) is 5.56 Å². The molecule has 0 spiro atoms. The van der Waals surface area contributed by atoms with Gasteiger partial charge in [0.25, 0.3) is 0 Å². The largest absolute Gasteiger partial charge is 0.416 e. The molecule has 0 aliphatic heterocycles. The molecule has 2 rings (SSSR count). The van der Waals surface area contributed by atoms with Gasteiger partial charge in [-0.25, -0.2) is 4.98 Å². The highest BCUT2D eigenvalue weighted by Crippen LogP contribution is 2.29. The van der Waals surface area contributed by atoms with Crippen LogP contribution in [0.2, 0.25) is 0 Å². The van der Waals surface area contributed by atoms with Gasteiger partial charge in [-0.1, -0.05) is 6.07 Å². The molecule has 0 aliphatic rings. The predicted octanol–water partition coefficient (Wildman–Crippen LogP) is 3.95. The van der Waals surface area contributed by atoms with Crippen LogP contribution in [0.5, 0.6) is 0 Å². The number of anilines is 1. The van der Waals surface area contributed by atoms with Gasteiger partial charge in [0.15, 0.2) is 0 Å². The standard InChI is InChI=1S/C12H10F3N3.2ClH/c13-12(14,15)10-3-5-17-11(6-10)18-8-9-2-1-4-16-7-9;;/h1-7H,8H2,(H,17,18);2*1H. The minimum atomic E-state index is -4.35. The summed E-state index contributed by atoms with van der Waals surface area (Å²) >= 11 is 0. The number of rotatable bonds is 3. The van der Waals surface area contributed by atoms with Crippen LogP contribution in [0.15, 0.2) is 42.9 Å². The molecule has 0 saturated carbocycles. The number of nitrogens with one attached hydrogen (secondary N) is 1. The molecular formula is C12H12Cl2F3N3. The zero-order chi connectivity index (χ0) is 13.0. The van der Waals surface area contributed by atoms with Crippen molar-refractivity contribution in [2.75, 3.05) is 5.32 Å². The van der Waals surface area contributed by atoms with Gasteiger partial charge in [0, 0.05) is 25.1 Å². The van der Waals surface area contributed by atoms with Crippen LogP contribution in [0.3, 0.4) is 0 Å². The van der Waals surface area contributed by atoms with Crippen molar-refractivity contribution in [3.8, 4) is 0 Å². The van der Waals surface area contributed by atoms with E-state index in [0.717, 1.165) is 23.9 Å². The Labute approximate surface area is 126 Å². The number of halogens is 5. The van der Waals surface area contributed by atoms with Crippen molar-refractivity contribution >= 4 is 30.6 Å². The molecule has 20 heavy (non-hydrogen) atoms. The third-order valence-corrected chi connectivity index (χ3v) is 2.28. The number of aromatic nitrogens is 2. The van der Waals surface area contributed by atoms with Crippen LogP contribution in [0.4, 0.5) is 19.0 Å². The second kappa shape index (κ2) is 7.91. The fraction of sp³-hybridized carbons (Fsp3) is 0.167. The van der Waals surface area contributed by atoms with E-state index in [1.54, 1.807) is 18.5 Å². The molecule has 2 aromatic heterocycles. The van der Waals surface area contributed by atoms with Gasteiger partial charge >= 0.3 is 6.18 Å². The number of alkyl halides is 3. The second-order valence-electron chi connectivity index (χ2n) is 3.64. The molecule has 3 nitrogen and oxygen atoms in total. The SMILES string of the molecule is Cl.Cl.FC(F)(F)c1ccnc(NCc2cccnc2)c1. The van der Waals surface area contributed by atoms with Crippen molar-refractivity contribution in [1.29, 1.82) is 0 Å². The van der Waals surface area contributed by atoms with Crippen LogP contribution in [0.1, 0.15) is 11.1 Å². The summed E-state index contributed by atoms with van der Waals surface area (Å²) in [4.78, 5) is 7.75. The van der Waals surface area contributed by atoms with Gasteiger partial charge in [-0.2, -0.15) is 13.2 Å². The van der Waals surface area contributed by atoms with Crippen LogP contribution in [-0.4, -0.2) is 9.97 Å². The fourth-order valence-corrected chi connectivity index (χ4v) is 1.40. The maximum absolute atomic E-state index is 12.5. The summed E-state index contributed by atoms with van der Waals surface area (Å²) in [6, 6.07) is 5.51. The van der Waals surface area contributed by atoms with Gasteiger partial charge in [0.1, 0.15) is 5.82 Å². The summed E-state index contributed by atoms with van der Waals surface area (Å²) < 4.78 is 37.4. The summed E-state index contributed by atoms with van der Waals surface area (Å²) in [6.45, 7) is 0.377. The topological polar surface area (TPSA) is 37.8 Å². The van der Waals surface area contributed by atoms with E-state index in [9.17, 15) is 13.2 Å². The quantitative estimate of drug-likeness (QED) is 0.928. The highest BCUT2D eigenvalue weighted by Gasteiger charge is 2.30. The zero-order valence-electron chi connectivity index (χ0n) is 10.1. The maximum atomic E-state index is 12.5. The molecule has 0 fully saturated rings. The Kier molecular flexibility index (Phi) is 7.31. The highest BCUT2D eigenvalue weighted by molar-refractivity contribution is 5.85. The lowest BCUT2D eigenvalue weighted by molar-refractivity contribution is -0.137. The van der Waals surface area contributed by atoms with Crippen LogP contribution >= 0.6 is 24.8 Å². The Balaban J connectivity index is 0.00000180. The van der Waals surface area contributed by atoms with Crippen molar-refractivity contribution < 1.29 is 13.2 Å². The van der Waals surface area contributed by atoms with E-state index in [1.807, 2.05) is 6.07 Å². The predicted molar refractivity (Wildman–Crippen MR) is 75.3 cm³/mol. The zero-order valence-corrected chi connectivity index (χ0v) is 11.7. The highest BCUT2D eigenvalue weighted by atomic mass is 35.5. The van der Waals surface area contributed by atoms with Crippen molar-refractivity contribution in [3.05, 3.63) is 54.0 Å². The minimum absolute atomic E-state index is 0. The molecule has 0 unspecified atom stereocenters. The molecule has 0 saturated heterocycles. The Morgan fingerprint density at radius 3 is 2.45 bits per heavy atom. The molecule has 0 radical (unpaired) electrons. The van der Waals surface area contributed by atoms with Gasteiger partial charge in [-0.05, 0) is 23.8 Å². The summed E-state index contributed by atoms with van der Waals surface area (Å²) in [5.41, 5.74) is 0.155. The van der Waals surface area contributed by atoms with E-state index in [-0.39, 0.29) is 30.6 Å². The Hall–Kier alpha value is -1.53. The van der Waals surface area contributed by atoms with E-state index in [4.69, 9.17) is 0 Å². The summed E-state index contributed by atoms with van der Waals surface area (Å²) in [7, 11) is 0. The monoisotopic (exact) mass is 325 g/mol. The molecule has 2 heterocycles. The molecule has 1 N–H and O–H groups in total. The van der Waals surface area contributed by atoms with Gasteiger partial charge < -0.3 is 5.32 Å². The van der Waals surface area contributed by atoms with E-state index in [0.29, 0.717) is 6.54 Å². The Bertz CT molecular complexity index is 521. The molecule has 0 aliphatic carbocycles. The number of pyridine rings is 2. The van der Waals surface area contributed by atoms with Crippen LogP contribution in [0, 0.1) is 0 Å². The minimum Gasteiger partial charge on any atom is -0.366 e. The van der Waals surface area contributed by atoms with E-state index < -0.39 is 11.7 Å². The molecule has 110 valence electrons. The van der Waals surface area contributed by atoms with Crippen molar-refractivity contribution in [1.82, 2.24) is 9.97 Å². The summed E-state index contributed by atoms with van der Waals surface area (Å²) in [6.07, 6.45) is 0.0503. The smallest absolute Gasteiger partial charge is 0.366 e. The van der Waals surface area contributed by atoms with Crippen LogP contribution in [0.25, 0.3) is 0 Å². The fourth-order valence-electron chi connectivity index (χ4n) is 1.40. The van der Waals surface area contributed by atoms with E-state index in [2.05, 4.69) is 15.3 Å². The molecule has 0 bridgehead atoms. The molecule has 2 aromatic rings. The van der Waals surface area contributed by atoms with Crippen LogP contribution < -0.4 is 5.32 Å². The molecule has 0 amide bonds. The molecule has 8 heteroatoms. The third kappa shape index (κ3) is 5.22. The molecular weight excluding hydrogens is 314 g/mol. The van der Waals surface area contributed by atoms with E-state index in [1.165, 1.54) is 0 Å². The molecule has 0 aromatic carbocycles. The Morgan fingerprint density at radius 2 is 1.85 bits per heavy atom.